The van der Waals surface area contributed by atoms with Gasteiger partial charge in [-0.3, -0.25) is 9.78 Å². The van der Waals surface area contributed by atoms with Gasteiger partial charge in [-0.05, 0) is 65.9 Å². The molecule has 1 aliphatic heterocycles. The lowest BCUT2D eigenvalue weighted by molar-refractivity contribution is 0.0933. The van der Waals surface area contributed by atoms with Crippen LogP contribution >= 0.6 is 0 Å². The van der Waals surface area contributed by atoms with E-state index >= 15 is 0 Å². The quantitative estimate of drug-likeness (QED) is 0.553. The van der Waals surface area contributed by atoms with Crippen LogP contribution in [0.2, 0.25) is 0 Å². The van der Waals surface area contributed by atoms with Gasteiger partial charge in [-0.15, -0.1) is 0 Å². The number of ether oxygens (including phenoxy) is 1. The van der Waals surface area contributed by atoms with Crippen molar-refractivity contribution in [3.63, 3.8) is 0 Å². The van der Waals surface area contributed by atoms with Crippen LogP contribution in [0.5, 0.6) is 5.75 Å². The Labute approximate surface area is 168 Å². The molecule has 0 radical (unpaired) electrons. The van der Waals surface area contributed by atoms with Crippen molar-refractivity contribution in [3.8, 4) is 17.0 Å². The number of carbonyl (C=O) groups excluding carboxylic acids is 1. The highest BCUT2D eigenvalue weighted by molar-refractivity contribution is 5.97. The van der Waals surface area contributed by atoms with Gasteiger partial charge in [0.25, 0.3) is 5.91 Å². The summed E-state index contributed by atoms with van der Waals surface area (Å²) in [6.45, 7) is 2.50. The second kappa shape index (κ2) is 7.09. The predicted octanol–water partition coefficient (Wildman–Crippen LogP) is 4.27. The molecule has 0 saturated carbocycles. The van der Waals surface area contributed by atoms with Crippen molar-refractivity contribution in [2.45, 2.75) is 19.4 Å². The van der Waals surface area contributed by atoms with Crippen molar-refractivity contribution in [1.82, 2.24) is 15.3 Å². The van der Waals surface area contributed by atoms with Gasteiger partial charge in [0.1, 0.15) is 11.9 Å². The number of aryl methyl sites for hydroxylation is 1. The van der Waals surface area contributed by atoms with Crippen LogP contribution in [0.1, 0.15) is 21.5 Å². The maximum Gasteiger partial charge on any atom is 0.251 e. The summed E-state index contributed by atoms with van der Waals surface area (Å²) in [6, 6.07) is 17.9. The number of rotatable bonds is 4. The second-order valence-corrected chi connectivity index (χ2v) is 7.48. The number of H-pyrrole nitrogens is 1. The van der Waals surface area contributed by atoms with Gasteiger partial charge >= 0.3 is 0 Å². The van der Waals surface area contributed by atoms with Crippen molar-refractivity contribution in [3.05, 3.63) is 83.7 Å². The standard InChI is InChI=1S/C24H21N3O2/c1-15-2-6-21(26-13-15)17-5-7-23-19(10-17)11-20(29-23)14-27-24(28)18-4-3-16-8-9-25-22(16)12-18/h2-10,12-13,20,25H,11,14H2,1H3,(H,27,28). The molecule has 29 heavy (non-hydrogen) atoms. The first-order chi connectivity index (χ1) is 14.2. The summed E-state index contributed by atoms with van der Waals surface area (Å²) in [5.41, 5.74) is 5.93. The Morgan fingerprint density at radius 1 is 1.17 bits per heavy atom. The lowest BCUT2D eigenvalue weighted by Gasteiger charge is -2.12. The number of fused-ring (bicyclic) bond motifs is 2. The van der Waals surface area contributed by atoms with E-state index in [1.54, 1.807) is 0 Å². The van der Waals surface area contributed by atoms with Gasteiger partial charge < -0.3 is 15.0 Å². The summed E-state index contributed by atoms with van der Waals surface area (Å²) in [6.07, 6.45) is 4.45. The Morgan fingerprint density at radius 3 is 2.97 bits per heavy atom. The number of amides is 1. The number of hydrogen-bond acceptors (Lipinski definition) is 3. The van der Waals surface area contributed by atoms with Gasteiger partial charge in [0.2, 0.25) is 0 Å². The van der Waals surface area contributed by atoms with Crippen molar-refractivity contribution < 1.29 is 9.53 Å². The number of aromatic nitrogens is 2. The van der Waals surface area contributed by atoms with Gasteiger partial charge in [0.15, 0.2) is 0 Å². The summed E-state index contributed by atoms with van der Waals surface area (Å²) in [5, 5.41) is 4.09. The molecule has 5 heteroatoms. The Morgan fingerprint density at radius 2 is 2.10 bits per heavy atom. The molecule has 2 aromatic carbocycles. The highest BCUT2D eigenvalue weighted by Gasteiger charge is 2.24. The normalized spacial score (nSPS) is 15.1. The molecule has 1 atom stereocenters. The summed E-state index contributed by atoms with van der Waals surface area (Å²) in [7, 11) is 0. The van der Waals surface area contributed by atoms with E-state index in [1.165, 1.54) is 0 Å². The molecule has 5 nitrogen and oxygen atoms in total. The molecule has 1 unspecified atom stereocenters. The van der Waals surface area contributed by atoms with Crippen molar-refractivity contribution in [2.75, 3.05) is 6.54 Å². The van der Waals surface area contributed by atoms with Crippen LogP contribution < -0.4 is 10.1 Å². The average Bonchev–Trinajstić information content (AvgIpc) is 3.37. The number of benzene rings is 2. The van der Waals surface area contributed by atoms with E-state index in [9.17, 15) is 4.79 Å². The molecule has 2 N–H and O–H groups in total. The first kappa shape index (κ1) is 17.5. The van der Waals surface area contributed by atoms with Crippen LogP contribution in [0, 0.1) is 6.92 Å². The molecule has 0 aliphatic carbocycles. The Balaban J connectivity index is 1.24. The summed E-state index contributed by atoms with van der Waals surface area (Å²) < 4.78 is 6.02. The minimum atomic E-state index is -0.0920. The number of pyridine rings is 1. The molecule has 0 spiro atoms. The molecule has 1 aliphatic rings. The Hall–Kier alpha value is -3.60. The number of aromatic amines is 1. The highest BCUT2D eigenvalue weighted by atomic mass is 16.5. The SMILES string of the molecule is Cc1ccc(-c2ccc3c(c2)CC(CNC(=O)c2ccc4cc[nH]c4c2)O3)nc1. The summed E-state index contributed by atoms with van der Waals surface area (Å²) in [5.74, 6) is 0.790. The topological polar surface area (TPSA) is 67.0 Å². The van der Waals surface area contributed by atoms with E-state index in [2.05, 4.69) is 27.4 Å². The zero-order valence-electron chi connectivity index (χ0n) is 16.1. The van der Waals surface area contributed by atoms with Crippen LogP contribution in [0.15, 0.2) is 67.0 Å². The van der Waals surface area contributed by atoms with E-state index < -0.39 is 0 Å². The molecule has 0 fully saturated rings. The lowest BCUT2D eigenvalue weighted by atomic mass is 10.0. The predicted molar refractivity (Wildman–Crippen MR) is 113 cm³/mol. The fraction of sp³-hybridized carbons (Fsp3) is 0.167. The Kier molecular flexibility index (Phi) is 4.28. The van der Waals surface area contributed by atoms with Gasteiger partial charge in [0, 0.05) is 35.5 Å². The maximum atomic E-state index is 12.5. The number of nitrogens with zero attached hydrogens (tertiary/aromatic N) is 1. The largest absolute Gasteiger partial charge is 0.488 e. The fourth-order valence-corrected chi connectivity index (χ4v) is 3.73. The highest BCUT2D eigenvalue weighted by Crippen LogP contribution is 2.32. The smallest absolute Gasteiger partial charge is 0.251 e. The molecular formula is C24H21N3O2. The molecule has 0 saturated heterocycles. The van der Waals surface area contributed by atoms with E-state index in [1.807, 2.05) is 61.8 Å². The van der Waals surface area contributed by atoms with Crippen LogP contribution in [-0.2, 0) is 6.42 Å². The first-order valence-electron chi connectivity index (χ1n) is 9.74. The van der Waals surface area contributed by atoms with Gasteiger partial charge in [0.05, 0.1) is 12.2 Å². The van der Waals surface area contributed by atoms with Gasteiger partial charge in [-0.25, -0.2) is 0 Å². The molecule has 3 heterocycles. The summed E-state index contributed by atoms with van der Waals surface area (Å²) in [4.78, 5) is 20.2. The monoisotopic (exact) mass is 383 g/mol. The third-order valence-electron chi connectivity index (χ3n) is 5.32. The van der Waals surface area contributed by atoms with Gasteiger partial charge in [-0.1, -0.05) is 12.1 Å². The molecule has 4 aromatic rings. The molecule has 144 valence electrons. The van der Waals surface area contributed by atoms with Crippen LogP contribution in [0.25, 0.3) is 22.2 Å². The van der Waals surface area contributed by atoms with E-state index in [-0.39, 0.29) is 12.0 Å². The lowest BCUT2D eigenvalue weighted by Crippen LogP contribution is -2.34. The molecule has 1 amide bonds. The van der Waals surface area contributed by atoms with Crippen molar-refractivity contribution in [1.29, 1.82) is 0 Å². The van der Waals surface area contributed by atoms with Crippen molar-refractivity contribution in [2.24, 2.45) is 0 Å². The zero-order valence-corrected chi connectivity index (χ0v) is 16.1. The first-order valence-corrected chi connectivity index (χ1v) is 9.74. The van der Waals surface area contributed by atoms with Crippen LogP contribution in [-0.4, -0.2) is 28.5 Å². The zero-order chi connectivity index (χ0) is 19.8. The molecular weight excluding hydrogens is 362 g/mol. The average molecular weight is 383 g/mol. The summed E-state index contributed by atoms with van der Waals surface area (Å²) >= 11 is 0. The number of carbonyl (C=O) groups is 1. The van der Waals surface area contributed by atoms with Crippen LogP contribution in [0.3, 0.4) is 0 Å². The van der Waals surface area contributed by atoms with Crippen LogP contribution in [0.4, 0.5) is 0 Å². The number of hydrogen-bond donors (Lipinski definition) is 2. The van der Waals surface area contributed by atoms with E-state index in [4.69, 9.17) is 4.74 Å². The minimum absolute atomic E-state index is 0.0654. The maximum absolute atomic E-state index is 12.5. The Bertz CT molecular complexity index is 1190. The fourth-order valence-electron chi connectivity index (χ4n) is 3.73. The molecule has 0 bridgehead atoms. The van der Waals surface area contributed by atoms with E-state index in [0.29, 0.717) is 12.1 Å². The third-order valence-corrected chi connectivity index (χ3v) is 5.32. The molecule has 5 rings (SSSR count). The van der Waals surface area contributed by atoms with Gasteiger partial charge in [-0.2, -0.15) is 0 Å². The minimum Gasteiger partial charge on any atom is -0.488 e. The number of nitrogens with one attached hydrogen (secondary N) is 2. The van der Waals surface area contributed by atoms with Crippen molar-refractivity contribution >= 4 is 16.8 Å². The molecule has 2 aromatic heterocycles. The second-order valence-electron chi connectivity index (χ2n) is 7.48. The van der Waals surface area contributed by atoms with E-state index in [0.717, 1.165) is 45.5 Å². The third kappa shape index (κ3) is 3.47.